The van der Waals surface area contributed by atoms with Crippen LogP contribution in [0.25, 0.3) is 0 Å². The number of nitrogens with one attached hydrogen (secondary N) is 1. The minimum absolute atomic E-state index is 0.0746. The lowest BCUT2D eigenvalue weighted by atomic mass is 10.1. The molecule has 206 valence electrons. The molecule has 0 saturated heterocycles. The molecule has 9 nitrogen and oxygen atoms in total. The zero-order valence-electron chi connectivity index (χ0n) is 20.0. The van der Waals surface area contributed by atoms with Crippen LogP contribution in [0.5, 0.6) is 23.0 Å². The smallest absolute Gasteiger partial charge is 0.456 e. The molecular weight excluding hydrogens is 576 g/mol. The van der Waals surface area contributed by atoms with E-state index in [1.165, 1.54) is 24.3 Å². The standard InChI is InChI=1S/C26H17ClF3N2O7P/c27-22-15-17(26(28,29)30)11-14-24(22)37-20-12-13-23(32(34)35)21(16-20)25(33)31-40(36,38-18-7-3-1-4-8-18)39-19-9-5-2-6-10-19/h1-16H,(H,31,33,36). The first-order valence-corrected chi connectivity index (χ1v) is 13.1. The molecule has 0 bridgehead atoms. The molecular formula is C26H17ClF3N2O7P. The summed E-state index contributed by atoms with van der Waals surface area (Å²) in [5.41, 5.74) is -2.30. The molecule has 40 heavy (non-hydrogen) atoms. The van der Waals surface area contributed by atoms with E-state index in [9.17, 15) is 32.6 Å². The van der Waals surface area contributed by atoms with Crippen LogP contribution in [0.2, 0.25) is 5.02 Å². The number of para-hydroxylation sites is 2. The van der Waals surface area contributed by atoms with E-state index in [0.29, 0.717) is 6.07 Å². The van der Waals surface area contributed by atoms with Gasteiger partial charge in [-0.2, -0.15) is 13.2 Å². The number of rotatable bonds is 9. The maximum Gasteiger partial charge on any atom is 0.544 e. The van der Waals surface area contributed by atoms with Gasteiger partial charge < -0.3 is 13.8 Å². The summed E-state index contributed by atoms with van der Waals surface area (Å²) in [5, 5.41) is 13.4. The first-order valence-electron chi connectivity index (χ1n) is 11.2. The van der Waals surface area contributed by atoms with Gasteiger partial charge in [0.1, 0.15) is 28.6 Å². The average molecular weight is 593 g/mol. The quantitative estimate of drug-likeness (QED) is 0.119. The summed E-state index contributed by atoms with van der Waals surface area (Å²) < 4.78 is 68.9. The summed E-state index contributed by atoms with van der Waals surface area (Å²) >= 11 is 5.93. The van der Waals surface area contributed by atoms with Crippen LogP contribution in [0.3, 0.4) is 0 Å². The molecule has 0 heterocycles. The topological polar surface area (TPSA) is 117 Å². The molecule has 0 fully saturated rings. The lowest BCUT2D eigenvalue weighted by Gasteiger charge is -2.20. The third-order valence-electron chi connectivity index (χ3n) is 5.07. The summed E-state index contributed by atoms with van der Waals surface area (Å²) in [6.45, 7) is 0. The van der Waals surface area contributed by atoms with Crippen LogP contribution in [0.15, 0.2) is 97.1 Å². The minimum atomic E-state index is -4.64. The van der Waals surface area contributed by atoms with Crippen molar-refractivity contribution in [3.63, 3.8) is 0 Å². The van der Waals surface area contributed by atoms with E-state index < -0.39 is 46.6 Å². The molecule has 0 aromatic heterocycles. The van der Waals surface area contributed by atoms with E-state index in [0.717, 1.165) is 30.3 Å². The summed E-state index contributed by atoms with van der Waals surface area (Å²) in [6, 6.07) is 20.8. The summed E-state index contributed by atoms with van der Waals surface area (Å²) in [7, 11) is -4.54. The fraction of sp³-hybridized carbons (Fsp3) is 0.0385. The number of nitro groups is 1. The van der Waals surface area contributed by atoms with E-state index in [-0.39, 0.29) is 23.0 Å². The number of nitro benzene ring substituents is 1. The van der Waals surface area contributed by atoms with Crippen molar-refractivity contribution < 1.29 is 41.2 Å². The summed E-state index contributed by atoms with van der Waals surface area (Å²) in [4.78, 5) is 24.0. The van der Waals surface area contributed by atoms with Crippen LogP contribution < -0.4 is 18.9 Å². The van der Waals surface area contributed by atoms with Crippen molar-refractivity contribution in [3.05, 3.63) is 123 Å². The van der Waals surface area contributed by atoms with Gasteiger partial charge in [-0.3, -0.25) is 14.9 Å². The molecule has 0 aliphatic carbocycles. The first-order chi connectivity index (χ1) is 18.9. The maximum atomic E-state index is 13.7. The van der Waals surface area contributed by atoms with E-state index >= 15 is 0 Å². The Kier molecular flexibility index (Phi) is 8.32. The normalized spacial score (nSPS) is 11.4. The highest BCUT2D eigenvalue weighted by molar-refractivity contribution is 7.53. The molecule has 4 aromatic rings. The SMILES string of the molecule is O=C(NP(=O)(Oc1ccccc1)Oc1ccccc1)c1cc(Oc2ccc(C(F)(F)F)cc2Cl)ccc1[N+](=O)[O-]. The Hall–Kier alpha value is -4.54. The second-order valence-electron chi connectivity index (χ2n) is 7.93. The number of amides is 1. The van der Waals surface area contributed by atoms with Crippen LogP contribution in [-0.4, -0.2) is 10.8 Å². The first kappa shape index (κ1) is 28.5. The fourth-order valence-electron chi connectivity index (χ4n) is 3.30. The van der Waals surface area contributed by atoms with Crippen molar-refractivity contribution in [2.45, 2.75) is 6.18 Å². The highest BCUT2D eigenvalue weighted by Gasteiger charge is 2.35. The van der Waals surface area contributed by atoms with Gasteiger partial charge in [0.25, 0.3) is 11.6 Å². The Bertz CT molecular complexity index is 1540. The Balaban J connectivity index is 1.65. The zero-order chi connectivity index (χ0) is 28.9. The molecule has 0 aliphatic rings. The van der Waals surface area contributed by atoms with Gasteiger partial charge >= 0.3 is 13.9 Å². The molecule has 0 saturated carbocycles. The predicted octanol–water partition coefficient (Wildman–Crippen LogP) is 8.06. The number of nitrogens with zero attached hydrogens (tertiary/aromatic N) is 1. The van der Waals surface area contributed by atoms with Crippen molar-refractivity contribution in [1.82, 2.24) is 5.09 Å². The van der Waals surface area contributed by atoms with Gasteiger partial charge in [0.15, 0.2) is 0 Å². The fourth-order valence-corrected chi connectivity index (χ4v) is 4.81. The molecule has 0 unspecified atom stereocenters. The van der Waals surface area contributed by atoms with Crippen LogP contribution in [0, 0.1) is 10.1 Å². The van der Waals surface area contributed by atoms with Crippen LogP contribution in [0.1, 0.15) is 15.9 Å². The van der Waals surface area contributed by atoms with E-state index in [4.69, 9.17) is 25.4 Å². The lowest BCUT2D eigenvalue weighted by Crippen LogP contribution is -2.26. The van der Waals surface area contributed by atoms with Gasteiger partial charge in [-0.1, -0.05) is 48.0 Å². The largest absolute Gasteiger partial charge is 0.544 e. The van der Waals surface area contributed by atoms with Crippen molar-refractivity contribution in [1.29, 1.82) is 0 Å². The Labute approximate surface area is 229 Å². The van der Waals surface area contributed by atoms with Crippen LogP contribution in [-0.2, 0) is 10.7 Å². The zero-order valence-corrected chi connectivity index (χ0v) is 21.7. The maximum absolute atomic E-state index is 13.7. The molecule has 4 aromatic carbocycles. The second kappa shape index (κ2) is 11.7. The number of ether oxygens (including phenoxy) is 1. The molecule has 0 radical (unpaired) electrons. The molecule has 4 rings (SSSR count). The Morgan fingerprint density at radius 1 is 0.850 bits per heavy atom. The van der Waals surface area contributed by atoms with Crippen LogP contribution >= 0.6 is 19.3 Å². The number of carbonyl (C=O) groups is 1. The van der Waals surface area contributed by atoms with E-state index in [1.54, 1.807) is 36.4 Å². The summed E-state index contributed by atoms with van der Waals surface area (Å²) in [5.74, 6) is -1.46. The number of carbonyl (C=O) groups excluding carboxylic acids is 1. The highest BCUT2D eigenvalue weighted by Crippen LogP contribution is 2.45. The predicted molar refractivity (Wildman–Crippen MR) is 139 cm³/mol. The molecule has 0 aliphatic heterocycles. The number of halogens is 4. The third-order valence-corrected chi connectivity index (χ3v) is 6.75. The second-order valence-corrected chi connectivity index (χ2v) is 9.92. The number of benzene rings is 4. The molecule has 0 atom stereocenters. The highest BCUT2D eigenvalue weighted by atomic mass is 35.5. The van der Waals surface area contributed by atoms with E-state index in [1.807, 2.05) is 0 Å². The van der Waals surface area contributed by atoms with Crippen molar-refractivity contribution in [2.24, 2.45) is 0 Å². The van der Waals surface area contributed by atoms with Crippen molar-refractivity contribution >= 4 is 30.9 Å². The number of hydrogen-bond donors (Lipinski definition) is 1. The summed E-state index contributed by atoms with van der Waals surface area (Å²) in [6.07, 6.45) is -4.64. The van der Waals surface area contributed by atoms with Gasteiger partial charge in [-0.15, -0.1) is 0 Å². The Morgan fingerprint density at radius 2 is 1.43 bits per heavy atom. The van der Waals surface area contributed by atoms with Gasteiger partial charge in [0, 0.05) is 12.1 Å². The average Bonchev–Trinajstić information content (AvgIpc) is 2.90. The third kappa shape index (κ3) is 7.10. The lowest BCUT2D eigenvalue weighted by molar-refractivity contribution is -0.385. The number of alkyl halides is 3. The van der Waals surface area contributed by atoms with E-state index in [2.05, 4.69) is 5.09 Å². The monoisotopic (exact) mass is 592 g/mol. The van der Waals surface area contributed by atoms with Crippen molar-refractivity contribution in [2.75, 3.05) is 0 Å². The molecule has 0 spiro atoms. The Morgan fingerprint density at radius 3 is 1.93 bits per heavy atom. The number of hydrogen-bond acceptors (Lipinski definition) is 7. The van der Waals surface area contributed by atoms with Crippen LogP contribution in [0.4, 0.5) is 18.9 Å². The molecule has 1 N–H and O–H groups in total. The van der Waals surface area contributed by atoms with Gasteiger partial charge in [0.2, 0.25) is 0 Å². The van der Waals surface area contributed by atoms with Gasteiger partial charge in [-0.25, -0.2) is 9.65 Å². The molecule has 14 heteroatoms. The van der Waals surface area contributed by atoms with Crippen molar-refractivity contribution in [3.8, 4) is 23.0 Å². The van der Waals surface area contributed by atoms with Gasteiger partial charge in [0.05, 0.1) is 15.5 Å². The van der Waals surface area contributed by atoms with Gasteiger partial charge in [-0.05, 0) is 48.5 Å². The minimum Gasteiger partial charge on any atom is -0.456 e. The molecule has 1 amide bonds.